The molecule has 0 spiro atoms. The minimum Gasteiger partial charge on any atom is -0.272 e. The van der Waals surface area contributed by atoms with Crippen LogP contribution in [0.15, 0.2) is 30.3 Å². The number of piperidine rings is 1. The highest BCUT2D eigenvalue weighted by Crippen LogP contribution is 2.24. The lowest BCUT2D eigenvalue weighted by atomic mass is 10.0. The van der Waals surface area contributed by atoms with Crippen molar-refractivity contribution in [2.24, 2.45) is 5.92 Å². The first-order valence-corrected chi connectivity index (χ1v) is 6.70. The van der Waals surface area contributed by atoms with Gasteiger partial charge in [0.25, 0.3) is 11.8 Å². The molecule has 0 saturated carbocycles. The fraction of sp³-hybridized carbons (Fsp3) is 0.385. The van der Waals surface area contributed by atoms with Crippen LogP contribution in [0.4, 0.5) is 0 Å². The number of imide groups is 1. The second kappa shape index (κ2) is 5.63. The minimum atomic E-state index is -0.346. The summed E-state index contributed by atoms with van der Waals surface area (Å²) in [6, 6.07) is 9.43. The SMILES string of the molecule is C[C@H]1CC(Br)C(=O)N(OCc2ccccc2)C1=O. The number of hydroxylamine groups is 2. The molecule has 1 fully saturated rings. The second-order valence-corrected chi connectivity index (χ2v) is 5.44. The van der Waals surface area contributed by atoms with Gasteiger partial charge in [-0.2, -0.15) is 5.06 Å². The van der Waals surface area contributed by atoms with Gasteiger partial charge in [-0.25, -0.2) is 0 Å². The van der Waals surface area contributed by atoms with Crippen LogP contribution in [0.1, 0.15) is 18.9 Å². The van der Waals surface area contributed by atoms with Gasteiger partial charge in [0.1, 0.15) is 6.61 Å². The summed E-state index contributed by atoms with van der Waals surface area (Å²) in [4.78, 5) is 28.7. The van der Waals surface area contributed by atoms with Gasteiger partial charge in [-0.15, -0.1) is 0 Å². The molecule has 4 nitrogen and oxygen atoms in total. The molecule has 0 bridgehead atoms. The van der Waals surface area contributed by atoms with Crippen molar-refractivity contribution in [1.29, 1.82) is 0 Å². The van der Waals surface area contributed by atoms with Crippen molar-refractivity contribution in [2.45, 2.75) is 24.8 Å². The number of rotatable bonds is 3. The molecule has 2 atom stereocenters. The highest BCUT2D eigenvalue weighted by atomic mass is 79.9. The van der Waals surface area contributed by atoms with Crippen molar-refractivity contribution < 1.29 is 14.4 Å². The average Bonchev–Trinajstić information content (AvgIpc) is 2.38. The zero-order valence-corrected chi connectivity index (χ0v) is 11.6. The van der Waals surface area contributed by atoms with E-state index in [1.54, 1.807) is 6.92 Å². The van der Waals surface area contributed by atoms with Crippen molar-refractivity contribution >= 4 is 27.7 Å². The van der Waals surface area contributed by atoms with Gasteiger partial charge in [-0.1, -0.05) is 53.2 Å². The van der Waals surface area contributed by atoms with E-state index >= 15 is 0 Å². The Hall–Kier alpha value is -1.20. The number of amides is 2. The third-order valence-electron chi connectivity index (χ3n) is 2.85. The third-order valence-corrected chi connectivity index (χ3v) is 3.62. The fourth-order valence-electron chi connectivity index (χ4n) is 1.79. The Balaban J connectivity index is 2.03. The van der Waals surface area contributed by atoms with E-state index in [1.165, 1.54) is 0 Å². The molecule has 1 heterocycles. The molecule has 18 heavy (non-hydrogen) atoms. The molecule has 1 saturated heterocycles. The number of nitrogens with zero attached hydrogens (tertiary/aromatic N) is 1. The summed E-state index contributed by atoms with van der Waals surface area (Å²) in [7, 11) is 0. The lowest BCUT2D eigenvalue weighted by molar-refractivity contribution is -0.205. The monoisotopic (exact) mass is 311 g/mol. The predicted octanol–water partition coefficient (Wildman–Crippen LogP) is 2.28. The molecule has 96 valence electrons. The molecule has 0 aromatic heterocycles. The molecular formula is C13H14BrNO3. The number of alkyl halides is 1. The zero-order valence-electron chi connectivity index (χ0n) is 10.0. The van der Waals surface area contributed by atoms with Crippen molar-refractivity contribution in [1.82, 2.24) is 5.06 Å². The summed E-state index contributed by atoms with van der Waals surface area (Å²) in [5.41, 5.74) is 0.919. The largest absolute Gasteiger partial charge is 0.272 e. The molecule has 2 amide bonds. The van der Waals surface area contributed by atoms with E-state index in [9.17, 15) is 9.59 Å². The Morgan fingerprint density at radius 2 is 1.94 bits per heavy atom. The summed E-state index contributed by atoms with van der Waals surface area (Å²) in [5, 5.41) is 0.889. The van der Waals surface area contributed by atoms with Gasteiger partial charge in [-0.3, -0.25) is 14.4 Å². The fourth-order valence-corrected chi connectivity index (χ4v) is 2.54. The number of hydrogen-bond donors (Lipinski definition) is 0. The van der Waals surface area contributed by atoms with Gasteiger partial charge in [0.15, 0.2) is 0 Å². The van der Waals surface area contributed by atoms with Crippen molar-refractivity contribution in [3.63, 3.8) is 0 Å². The Morgan fingerprint density at radius 3 is 2.61 bits per heavy atom. The van der Waals surface area contributed by atoms with E-state index in [0.717, 1.165) is 10.6 Å². The molecule has 0 aliphatic carbocycles. The Morgan fingerprint density at radius 1 is 1.28 bits per heavy atom. The highest BCUT2D eigenvalue weighted by Gasteiger charge is 2.38. The van der Waals surface area contributed by atoms with Crippen LogP contribution >= 0.6 is 15.9 Å². The zero-order chi connectivity index (χ0) is 13.1. The Labute approximate surface area is 114 Å². The molecule has 1 aliphatic heterocycles. The summed E-state index contributed by atoms with van der Waals surface area (Å²) in [5.74, 6) is -0.802. The van der Waals surface area contributed by atoms with Gasteiger partial charge in [-0.05, 0) is 12.0 Å². The number of benzene rings is 1. The first-order chi connectivity index (χ1) is 8.59. The van der Waals surface area contributed by atoms with Gasteiger partial charge < -0.3 is 0 Å². The van der Waals surface area contributed by atoms with Crippen LogP contribution in [0.3, 0.4) is 0 Å². The van der Waals surface area contributed by atoms with E-state index in [2.05, 4.69) is 15.9 Å². The van der Waals surface area contributed by atoms with Crippen LogP contribution in [0.25, 0.3) is 0 Å². The Bertz CT molecular complexity index is 429. The minimum absolute atomic E-state index is 0.206. The maximum atomic E-state index is 11.9. The van der Waals surface area contributed by atoms with E-state index in [0.29, 0.717) is 6.42 Å². The van der Waals surface area contributed by atoms with E-state index in [-0.39, 0.29) is 29.2 Å². The summed E-state index contributed by atoms with van der Waals surface area (Å²) >= 11 is 3.26. The average molecular weight is 312 g/mol. The molecule has 1 unspecified atom stereocenters. The van der Waals surface area contributed by atoms with Crippen molar-refractivity contribution in [2.75, 3.05) is 0 Å². The third kappa shape index (κ3) is 2.79. The molecular weight excluding hydrogens is 298 g/mol. The molecule has 0 radical (unpaired) electrons. The van der Waals surface area contributed by atoms with Crippen molar-refractivity contribution in [3.8, 4) is 0 Å². The molecule has 2 rings (SSSR count). The summed E-state index contributed by atoms with van der Waals surface area (Å²) < 4.78 is 0. The number of hydrogen-bond acceptors (Lipinski definition) is 3. The maximum absolute atomic E-state index is 11.9. The maximum Gasteiger partial charge on any atom is 0.267 e. The van der Waals surface area contributed by atoms with Crippen molar-refractivity contribution in [3.05, 3.63) is 35.9 Å². The van der Waals surface area contributed by atoms with E-state index in [1.807, 2.05) is 30.3 Å². The molecule has 5 heteroatoms. The number of carbonyl (C=O) groups is 2. The molecule has 1 aromatic rings. The van der Waals surface area contributed by atoms with Gasteiger partial charge in [0.2, 0.25) is 0 Å². The normalized spacial score (nSPS) is 24.4. The van der Waals surface area contributed by atoms with Crippen LogP contribution in [-0.4, -0.2) is 21.7 Å². The van der Waals surface area contributed by atoms with Gasteiger partial charge >= 0.3 is 0 Å². The predicted molar refractivity (Wildman–Crippen MR) is 69.6 cm³/mol. The molecule has 1 aliphatic rings. The summed E-state index contributed by atoms with van der Waals surface area (Å²) in [6.07, 6.45) is 0.517. The topological polar surface area (TPSA) is 46.6 Å². The standard InChI is InChI=1S/C13H14BrNO3/c1-9-7-11(14)13(17)15(12(9)16)18-8-10-5-3-2-4-6-10/h2-6,9,11H,7-8H2,1H3/t9-,11?/m0/s1. The smallest absolute Gasteiger partial charge is 0.267 e. The first kappa shape index (κ1) is 13.2. The molecule has 1 aromatic carbocycles. The highest BCUT2D eigenvalue weighted by molar-refractivity contribution is 9.10. The first-order valence-electron chi connectivity index (χ1n) is 5.78. The van der Waals surface area contributed by atoms with Gasteiger partial charge in [0, 0.05) is 5.92 Å². The Kier molecular flexibility index (Phi) is 4.14. The number of halogens is 1. The number of carbonyl (C=O) groups excluding carboxylic acids is 2. The van der Waals surface area contributed by atoms with E-state index in [4.69, 9.17) is 4.84 Å². The quantitative estimate of drug-likeness (QED) is 0.635. The lowest BCUT2D eigenvalue weighted by Crippen LogP contribution is -2.49. The lowest BCUT2D eigenvalue weighted by Gasteiger charge is -2.30. The van der Waals surface area contributed by atoms with Crippen LogP contribution in [0.5, 0.6) is 0 Å². The van der Waals surface area contributed by atoms with Crippen LogP contribution < -0.4 is 0 Å². The van der Waals surface area contributed by atoms with Gasteiger partial charge in [0.05, 0.1) is 4.83 Å². The second-order valence-electron chi connectivity index (χ2n) is 4.33. The molecule has 0 N–H and O–H groups in total. The van der Waals surface area contributed by atoms with E-state index < -0.39 is 0 Å². The van der Waals surface area contributed by atoms with Crippen LogP contribution in [-0.2, 0) is 21.0 Å². The summed E-state index contributed by atoms with van der Waals surface area (Å²) in [6.45, 7) is 2.01. The van der Waals surface area contributed by atoms with Crippen LogP contribution in [0, 0.1) is 5.92 Å². The van der Waals surface area contributed by atoms with Crippen LogP contribution in [0.2, 0.25) is 0 Å².